The van der Waals surface area contributed by atoms with Crippen molar-refractivity contribution >= 4 is 29.8 Å². The molecule has 0 aromatic carbocycles. The SMILES string of the molecule is CC(C)CCC(NC(=O)OCC1C2CCC=CCCC21)C(=O)NC(CCC(N)=O)C(=O)NCC(=O)O. The van der Waals surface area contributed by atoms with E-state index >= 15 is 0 Å². The van der Waals surface area contributed by atoms with E-state index in [0.717, 1.165) is 25.7 Å². The van der Waals surface area contributed by atoms with Crippen LogP contribution in [0.15, 0.2) is 12.2 Å². The topological polar surface area (TPSA) is 177 Å². The molecule has 2 aliphatic carbocycles. The number of hydrogen-bond acceptors (Lipinski definition) is 6. The summed E-state index contributed by atoms with van der Waals surface area (Å²) in [6.07, 6.45) is 8.64. The van der Waals surface area contributed by atoms with Gasteiger partial charge >= 0.3 is 12.1 Å². The van der Waals surface area contributed by atoms with Crippen LogP contribution in [0.3, 0.4) is 0 Å². The lowest BCUT2D eigenvalue weighted by Gasteiger charge is -2.23. The first-order valence-corrected chi connectivity index (χ1v) is 12.7. The van der Waals surface area contributed by atoms with Crippen molar-refractivity contribution in [3.63, 3.8) is 0 Å². The Morgan fingerprint density at radius 2 is 1.56 bits per heavy atom. The third-order valence-corrected chi connectivity index (χ3v) is 6.78. The molecule has 2 aliphatic rings. The van der Waals surface area contributed by atoms with Gasteiger partial charge in [0.2, 0.25) is 17.7 Å². The smallest absolute Gasteiger partial charge is 0.407 e. The second-order valence-corrected chi connectivity index (χ2v) is 10.1. The molecule has 1 saturated carbocycles. The number of alkyl carbamates (subject to hydrolysis) is 1. The van der Waals surface area contributed by atoms with E-state index in [1.54, 1.807) is 0 Å². The molecule has 4 amide bonds. The quantitative estimate of drug-likeness (QED) is 0.220. The summed E-state index contributed by atoms with van der Waals surface area (Å²) in [4.78, 5) is 60.0. The van der Waals surface area contributed by atoms with Crippen LogP contribution in [0.5, 0.6) is 0 Å². The van der Waals surface area contributed by atoms with Crippen molar-refractivity contribution in [1.29, 1.82) is 0 Å². The van der Waals surface area contributed by atoms with E-state index in [9.17, 15) is 24.0 Å². The monoisotopic (exact) mass is 508 g/mol. The molecule has 0 saturated heterocycles. The summed E-state index contributed by atoms with van der Waals surface area (Å²) in [5.41, 5.74) is 5.17. The average molecular weight is 509 g/mol. The maximum absolute atomic E-state index is 13.0. The van der Waals surface area contributed by atoms with Crippen LogP contribution < -0.4 is 21.7 Å². The summed E-state index contributed by atoms with van der Waals surface area (Å²) in [5, 5.41) is 16.1. The Balaban J connectivity index is 1.95. The van der Waals surface area contributed by atoms with Crippen molar-refractivity contribution in [1.82, 2.24) is 16.0 Å². The number of carboxylic acid groups (broad SMARTS) is 1. The summed E-state index contributed by atoms with van der Waals surface area (Å²) in [6.45, 7) is 3.63. The van der Waals surface area contributed by atoms with Crippen molar-refractivity contribution in [3.8, 4) is 0 Å². The molecular weight excluding hydrogens is 468 g/mol. The van der Waals surface area contributed by atoms with E-state index in [1.807, 2.05) is 13.8 Å². The number of nitrogens with two attached hydrogens (primary N) is 1. The summed E-state index contributed by atoms with van der Waals surface area (Å²) in [6, 6.07) is -2.14. The maximum atomic E-state index is 13.0. The van der Waals surface area contributed by atoms with Crippen LogP contribution in [0.2, 0.25) is 0 Å². The normalized spacial score (nSPS) is 22.2. The molecule has 0 heterocycles. The van der Waals surface area contributed by atoms with Gasteiger partial charge in [0.05, 0.1) is 6.61 Å². The molecule has 6 N–H and O–H groups in total. The second-order valence-electron chi connectivity index (χ2n) is 10.1. The van der Waals surface area contributed by atoms with Gasteiger partial charge in [-0.05, 0) is 68.6 Å². The number of hydrogen-bond donors (Lipinski definition) is 5. The first-order valence-electron chi connectivity index (χ1n) is 12.7. The maximum Gasteiger partial charge on any atom is 0.407 e. The number of fused-ring (bicyclic) bond motifs is 1. The Labute approximate surface area is 212 Å². The fourth-order valence-corrected chi connectivity index (χ4v) is 4.68. The highest BCUT2D eigenvalue weighted by Crippen LogP contribution is 2.52. The number of amides is 4. The highest BCUT2D eigenvalue weighted by molar-refractivity contribution is 5.92. The molecular formula is C25H40N4O7. The van der Waals surface area contributed by atoms with Gasteiger partial charge in [0.1, 0.15) is 18.6 Å². The van der Waals surface area contributed by atoms with Gasteiger partial charge in [-0.25, -0.2) is 4.79 Å². The van der Waals surface area contributed by atoms with Crippen LogP contribution in [0.4, 0.5) is 4.79 Å². The zero-order valence-electron chi connectivity index (χ0n) is 21.2. The van der Waals surface area contributed by atoms with Crippen molar-refractivity contribution < 1.29 is 33.8 Å². The van der Waals surface area contributed by atoms with Crippen LogP contribution in [-0.4, -0.2) is 60.1 Å². The minimum absolute atomic E-state index is 0.104. The van der Waals surface area contributed by atoms with Gasteiger partial charge in [0.25, 0.3) is 0 Å². The molecule has 0 spiro atoms. The molecule has 0 aliphatic heterocycles. The lowest BCUT2D eigenvalue weighted by molar-refractivity contribution is -0.138. The number of allylic oxidation sites excluding steroid dienone is 2. The number of carboxylic acids is 1. The molecule has 0 aromatic rings. The Hall–Kier alpha value is -3.11. The molecule has 11 heteroatoms. The summed E-state index contributed by atoms with van der Waals surface area (Å²) < 4.78 is 5.47. The number of primary amides is 1. The van der Waals surface area contributed by atoms with Crippen LogP contribution in [0.25, 0.3) is 0 Å². The van der Waals surface area contributed by atoms with E-state index in [-0.39, 0.29) is 18.8 Å². The number of carbonyl (C=O) groups excluding carboxylic acids is 4. The zero-order chi connectivity index (χ0) is 26.7. The molecule has 0 aromatic heterocycles. The molecule has 4 atom stereocenters. The van der Waals surface area contributed by atoms with E-state index in [0.29, 0.717) is 37.2 Å². The van der Waals surface area contributed by atoms with E-state index in [4.69, 9.17) is 15.6 Å². The number of aliphatic carboxylic acids is 1. The molecule has 0 radical (unpaired) electrons. The Bertz CT molecular complexity index is 813. The lowest BCUT2D eigenvalue weighted by atomic mass is 10.0. The lowest BCUT2D eigenvalue weighted by Crippen LogP contribution is -2.54. The van der Waals surface area contributed by atoms with Gasteiger partial charge < -0.3 is 31.5 Å². The first-order chi connectivity index (χ1) is 17.1. The largest absolute Gasteiger partial charge is 0.480 e. The van der Waals surface area contributed by atoms with Crippen LogP contribution in [0, 0.1) is 23.7 Å². The minimum atomic E-state index is -1.25. The van der Waals surface area contributed by atoms with Crippen LogP contribution in [0.1, 0.15) is 65.2 Å². The third-order valence-electron chi connectivity index (χ3n) is 6.78. The summed E-state index contributed by atoms with van der Waals surface area (Å²) in [5.74, 6) is -1.55. The standard InChI is InChI=1S/C25H40N4O7/c1-15(2)9-10-20(24(34)28-19(11-12-21(26)30)23(33)27-13-22(31)32)29-25(35)36-14-18-16-7-5-3-4-6-8-17(16)18/h3-4,15-20H,5-14H2,1-2H3,(H2,26,30)(H,27,33)(H,28,34)(H,29,35)(H,31,32). The third kappa shape index (κ3) is 10.2. The van der Waals surface area contributed by atoms with Crippen molar-refractivity contribution in [2.45, 2.75) is 77.3 Å². The minimum Gasteiger partial charge on any atom is -0.480 e. The van der Waals surface area contributed by atoms with Gasteiger partial charge in [-0.15, -0.1) is 0 Å². The van der Waals surface area contributed by atoms with Crippen LogP contribution in [-0.2, 0) is 23.9 Å². The molecule has 2 rings (SSSR count). The van der Waals surface area contributed by atoms with E-state index in [2.05, 4.69) is 28.1 Å². The Morgan fingerprint density at radius 1 is 0.944 bits per heavy atom. The molecule has 1 fully saturated rings. The molecule has 0 bridgehead atoms. The average Bonchev–Trinajstić information content (AvgIpc) is 3.44. The predicted molar refractivity (Wildman–Crippen MR) is 131 cm³/mol. The van der Waals surface area contributed by atoms with Crippen molar-refractivity contribution in [3.05, 3.63) is 12.2 Å². The highest BCUT2D eigenvalue weighted by atomic mass is 16.5. The number of rotatable bonds is 14. The van der Waals surface area contributed by atoms with Gasteiger partial charge in [-0.1, -0.05) is 26.0 Å². The predicted octanol–water partition coefficient (Wildman–Crippen LogP) is 1.46. The van der Waals surface area contributed by atoms with Gasteiger partial charge in [-0.2, -0.15) is 0 Å². The molecule has 36 heavy (non-hydrogen) atoms. The number of ether oxygens (including phenoxy) is 1. The Kier molecular flexibility index (Phi) is 11.7. The van der Waals surface area contributed by atoms with Crippen LogP contribution >= 0.6 is 0 Å². The molecule has 11 nitrogen and oxygen atoms in total. The van der Waals surface area contributed by atoms with Crippen molar-refractivity contribution in [2.75, 3.05) is 13.2 Å². The summed E-state index contributed by atoms with van der Waals surface area (Å²) >= 11 is 0. The second kappa shape index (κ2) is 14.4. The fraction of sp³-hybridized carbons (Fsp3) is 0.720. The van der Waals surface area contributed by atoms with Crippen molar-refractivity contribution in [2.24, 2.45) is 29.4 Å². The molecule has 4 unspecified atom stereocenters. The Morgan fingerprint density at radius 3 is 2.11 bits per heavy atom. The number of nitrogens with one attached hydrogen (secondary N) is 3. The summed E-state index contributed by atoms with van der Waals surface area (Å²) in [7, 11) is 0. The number of carbonyl (C=O) groups is 5. The molecule has 202 valence electrons. The fourth-order valence-electron chi connectivity index (χ4n) is 4.68. The van der Waals surface area contributed by atoms with Gasteiger partial charge in [0.15, 0.2) is 0 Å². The van der Waals surface area contributed by atoms with E-state index < -0.39 is 48.4 Å². The van der Waals surface area contributed by atoms with E-state index in [1.165, 1.54) is 0 Å². The van der Waals surface area contributed by atoms with Gasteiger partial charge in [-0.3, -0.25) is 19.2 Å². The van der Waals surface area contributed by atoms with Gasteiger partial charge in [0, 0.05) is 6.42 Å². The highest BCUT2D eigenvalue weighted by Gasteiger charge is 2.49. The first kappa shape index (κ1) is 29.1. The zero-order valence-corrected chi connectivity index (χ0v) is 21.2.